The first-order valence-corrected chi connectivity index (χ1v) is 10.7. The predicted molar refractivity (Wildman–Crippen MR) is 109 cm³/mol. The number of aliphatic hydroxyl groups is 1. The van der Waals surface area contributed by atoms with Gasteiger partial charge >= 0.3 is 0 Å². The lowest BCUT2D eigenvalue weighted by atomic mass is 9.88. The molecular weight excluding hydrogens is 385 g/mol. The average Bonchev–Trinajstić information content (AvgIpc) is 3.40. The predicted octanol–water partition coefficient (Wildman–Crippen LogP) is 1.68. The minimum atomic E-state index is -0.518. The van der Waals surface area contributed by atoms with E-state index in [1.165, 1.54) is 18.2 Å². The van der Waals surface area contributed by atoms with Crippen LogP contribution in [0.1, 0.15) is 30.1 Å². The van der Waals surface area contributed by atoms with E-state index >= 15 is 0 Å². The Balaban J connectivity index is 1.52. The number of nitrogens with zero attached hydrogens (tertiary/aromatic N) is 2. The zero-order valence-electron chi connectivity index (χ0n) is 16.7. The Labute approximate surface area is 174 Å². The summed E-state index contributed by atoms with van der Waals surface area (Å²) in [5.41, 5.74) is 1.56. The SMILES string of the molecule is O=C(NCC1CC1)[C@H]1[C@H](CO)[C@H]2Cn3c(cccc3=O)[C@H]2N1Cc1cccc(F)c1. The van der Waals surface area contributed by atoms with E-state index in [0.29, 0.717) is 25.6 Å². The highest BCUT2D eigenvalue weighted by Gasteiger charge is 2.55. The molecular formula is C23H26FN3O3. The van der Waals surface area contributed by atoms with Gasteiger partial charge in [-0.15, -0.1) is 0 Å². The number of hydrogen-bond donors (Lipinski definition) is 2. The molecule has 0 unspecified atom stereocenters. The van der Waals surface area contributed by atoms with E-state index in [1.54, 1.807) is 16.7 Å². The lowest BCUT2D eigenvalue weighted by Gasteiger charge is -2.31. The van der Waals surface area contributed by atoms with E-state index in [1.807, 2.05) is 12.1 Å². The third kappa shape index (κ3) is 3.36. The van der Waals surface area contributed by atoms with Crippen LogP contribution in [0.25, 0.3) is 0 Å². The van der Waals surface area contributed by atoms with Gasteiger partial charge in [-0.05, 0) is 42.5 Å². The van der Waals surface area contributed by atoms with Gasteiger partial charge in [-0.1, -0.05) is 18.2 Å². The van der Waals surface area contributed by atoms with Crippen molar-refractivity contribution in [2.45, 2.75) is 38.0 Å². The number of rotatable bonds is 6. The van der Waals surface area contributed by atoms with Crippen molar-refractivity contribution < 1.29 is 14.3 Å². The van der Waals surface area contributed by atoms with Crippen LogP contribution in [0.5, 0.6) is 0 Å². The molecule has 0 radical (unpaired) electrons. The minimum Gasteiger partial charge on any atom is -0.396 e. The fourth-order valence-electron chi connectivity index (χ4n) is 5.25. The lowest BCUT2D eigenvalue weighted by Crippen LogP contribution is -2.48. The molecule has 1 aliphatic carbocycles. The lowest BCUT2D eigenvalue weighted by molar-refractivity contribution is -0.128. The van der Waals surface area contributed by atoms with Crippen LogP contribution < -0.4 is 10.9 Å². The van der Waals surface area contributed by atoms with Gasteiger partial charge in [0.15, 0.2) is 0 Å². The number of amides is 1. The van der Waals surface area contributed by atoms with Crippen molar-refractivity contribution >= 4 is 5.91 Å². The zero-order chi connectivity index (χ0) is 20.8. The second-order valence-electron chi connectivity index (χ2n) is 8.79. The van der Waals surface area contributed by atoms with Crippen LogP contribution in [-0.4, -0.2) is 39.7 Å². The molecule has 0 bridgehead atoms. The van der Waals surface area contributed by atoms with Gasteiger partial charge in [-0.2, -0.15) is 0 Å². The quantitative estimate of drug-likeness (QED) is 0.759. The van der Waals surface area contributed by atoms with Crippen molar-refractivity contribution in [2.24, 2.45) is 17.8 Å². The summed E-state index contributed by atoms with van der Waals surface area (Å²) in [6.07, 6.45) is 2.28. The molecule has 1 amide bonds. The first-order valence-electron chi connectivity index (χ1n) is 10.7. The summed E-state index contributed by atoms with van der Waals surface area (Å²) in [5, 5.41) is 13.3. The molecule has 1 aromatic heterocycles. The Bertz CT molecular complexity index is 1020. The highest BCUT2D eigenvalue weighted by atomic mass is 19.1. The van der Waals surface area contributed by atoms with Gasteiger partial charge in [-0.25, -0.2) is 4.39 Å². The van der Waals surface area contributed by atoms with E-state index in [-0.39, 0.29) is 41.8 Å². The second kappa shape index (κ2) is 7.63. The number of carbonyl (C=O) groups excluding carboxylic acids is 1. The zero-order valence-corrected chi connectivity index (χ0v) is 16.7. The molecule has 6 nitrogen and oxygen atoms in total. The Morgan fingerprint density at radius 3 is 2.73 bits per heavy atom. The summed E-state index contributed by atoms with van der Waals surface area (Å²) in [4.78, 5) is 27.7. The van der Waals surface area contributed by atoms with Crippen LogP contribution >= 0.6 is 0 Å². The van der Waals surface area contributed by atoms with Crippen LogP contribution in [0.4, 0.5) is 4.39 Å². The van der Waals surface area contributed by atoms with Gasteiger partial charge in [0.1, 0.15) is 5.82 Å². The average molecular weight is 411 g/mol. The summed E-state index contributed by atoms with van der Waals surface area (Å²) < 4.78 is 15.6. The Hall–Kier alpha value is -2.51. The molecule has 2 fully saturated rings. The number of pyridine rings is 1. The van der Waals surface area contributed by atoms with E-state index < -0.39 is 6.04 Å². The topological polar surface area (TPSA) is 74.6 Å². The van der Waals surface area contributed by atoms with Crippen molar-refractivity contribution in [3.05, 3.63) is 69.9 Å². The van der Waals surface area contributed by atoms with Gasteiger partial charge in [0, 0.05) is 49.8 Å². The smallest absolute Gasteiger partial charge is 0.250 e. The maximum Gasteiger partial charge on any atom is 0.250 e. The Morgan fingerprint density at radius 2 is 2.00 bits per heavy atom. The van der Waals surface area contributed by atoms with Gasteiger partial charge in [0.25, 0.3) is 5.56 Å². The van der Waals surface area contributed by atoms with E-state index in [9.17, 15) is 19.1 Å². The van der Waals surface area contributed by atoms with Gasteiger partial charge < -0.3 is 15.0 Å². The fourth-order valence-corrected chi connectivity index (χ4v) is 5.25. The normalized spacial score (nSPS) is 27.7. The third-order valence-electron chi connectivity index (χ3n) is 6.85. The first kappa shape index (κ1) is 19.5. The number of aromatic nitrogens is 1. The van der Waals surface area contributed by atoms with Crippen LogP contribution in [-0.2, 0) is 17.9 Å². The molecule has 2 N–H and O–H groups in total. The number of benzene rings is 1. The molecule has 1 saturated carbocycles. The number of carbonyl (C=O) groups is 1. The van der Waals surface area contributed by atoms with Crippen molar-refractivity contribution in [1.82, 2.24) is 14.8 Å². The monoisotopic (exact) mass is 411 g/mol. The molecule has 4 atom stereocenters. The number of aliphatic hydroxyl groups excluding tert-OH is 1. The number of hydrogen-bond acceptors (Lipinski definition) is 4. The maximum absolute atomic E-state index is 13.8. The minimum absolute atomic E-state index is 0.0460. The first-order chi connectivity index (χ1) is 14.6. The number of fused-ring (bicyclic) bond motifs is 3. The standard InChI is InChI=1S/C23H26FN3O3/c24-16-4-1-3-15(9-16)11-27-21-17(12-26-19(21)5-2-6-20(26)29)18(13-28)22(27)23(30)25-10-14-7-8-14/h1-6,9,14,17-18,21-22,28H,7-8,10-13H2,(H,25,30)/t17-,18-,21+,22-/m1/s1. The van der Waals surface area contributed by atoms with Crippen LogP contribution in [0.2, 0.25) is 0 Å². The van der Waals surface area contributed by atoms with Crippen molar-refractivity contribution in [1.29, 1.82) is 0 Å². The molecule has 3 heterocycles. The fraction of sp³-hybridized carbons (Fsp3) is 0.478. The molecule has 2 aromatic rings. The third-order valence-corrected chi connectivity index (χ3v) is 6.85. The highest BCUT2D eigenvalue weighted by Crippen LogP contribution is 2.49. The second-order valence-corrected chi connectivity index (χ2v) is 8.79. The van der Waals surface area contributed by atoms with E-state index in [0.717, 1.165) is 24.1 Å². The Morgan fingerprint density at radius 1 is 1.20 bits per heavy atom. The summed E-state index contributed by atoms with van der Waals surface area (Å²) in [7, 11) is 0. The molecule has 0 spiro atoms. The van der Waals surface area contributed by atoms with Crippen LogP contribution in [0.15, 0.2) is 47.3 Å². The molecule has 1 aromatic carbocycles. The molecule has 5 rings (SSSR count). The summed E-state index contributed by atoms with van der Waals surface area (Å²) in [5.74, 6) is -0.188. The molecule has 30 heavy (non-hydrogen) atoms. The van der Waals surface area contributed by atoms with Crippen LogP contribution in [0, 0.1) is 23.6 Å². The molecule has 2 aliphatic heterocycles. The highest BCUT2D eigenvalue weighted by molar-refractivity contribution is 5.82. The van der Waals surface area contributed by atoms with Crippen molar-refractivity contribution in [2.75, 3.05) is 13.2 Å². The number of halogens is 1. The number of likely N-dealkylation sites (tertiary alicyclic amines) is 1. The van der Waals surface area contributed by atoms with Gasteiger partial charge in [0.05, 0.1) is 12.1 Å². The van der Waals surface area contributed by atoms with E-state index in [4.69, 9.17) is 0 Å². The van der Waals surface area contributed by atoms with Crippen molar-refractivity contribution in [3.8, 4) is 0 Å². The molecule has 158 valence electrons. The summed E-state index contributed by atoms with van der Waals surface area (Å²) >= 11 is 0. The van der Waals surface area contributed by atoms with Gasteiger partial charge in [0.2, 0.25) is 5.91 Å². The Kier molecular flexibility index (Phi) is 4.95. The molecule has 7 heteroatoms. The van der Waals surface area contributed by atoms with Gasteiger partial charge in [-0.3, -0.25) is 14.5 Å². The number of nitrogens with one attached hydrogen (secondary N) is 1. The summed E-state index contributed by atoms with van der Waals surface area (Å²) in [6, 6.07) is 10.9. The summed E-state index contributed by atoms with van der Waals surface area (Å²) in [6.45, 7) is 1.38. The molecule has 1 saturated heterocycles. The van der Waals surface area contributed by atoms with Crippen LogP contribution in [0.3, 0.4) is 0 Å². The van der Waals surface area contributed by atoms with Crippen molar-refractivity contribution in [3.63, 3.8) is 0 Å². The van der Waals surface area contributed by atoms with E-state index in [2.05, 4.69) is 10.2 Å². The molecule has 3 aliphatic rings. The maximum atomic E-state index is 13.8. The largest absolute Gasteiger partial charge is 0.396 e.